The monoisotopic (exact) mass is 343 g/mol. The van der Waals surface area contributed by atoms with Crippen LogP contribution in [0.25, 0.3) is 0 Å². The lowest BCUT2D eigenvalue weighted by molar-refractivity contribution is -0.141. The molecule has 1 N–H and O–H groups in total. The van der Waals surface area contributed by atoms with Crippen molar-refractivity contribution in [3.8, 4) is 0 Å². The minimum Gasteiger partial charge on any atom is -0.466 e. The van der Waals surface area contributed by atoms with Gasteiger partial charge in [-0.05, 0) is 31.2 Å². The number of ether oxygens (including phenoxy) is 1. The molecule has 1 aliphatic rings. The fraction of sp³-hybridized carbons (Fsp3) is 0.500. The minimum absolute atomic E-state index is 0.0614. The molecule has 1 heterocycles. The van der Waals surface area contributed by atoms with Crippen LogP contribution in [-0.2, 0) is 15.7 Å². The molecule has 1 aromatic carbocycles. The van der Waals surface area contributed by atoms with Crippen LogP contribution in [0, 0.1) is 5.41 Å². The number of nitrogens with one attached hydrogen (secondary N) is 1. The first-order valence-corrected chi connectivity index (χ1v) is 7.71. The van der Waals surface area contributed by atoms with E-state index in [1.54, 1.807) is 11.8 Å². The first-order valence-electron chi connectivity index (χ1n) is 7.71. The predicted molar refractivity (Wildman–Crippen MR) is 84.2 cm³/mol. The SMILES string of the molecule is CCOC(=O)CC(=N)N1CCN(c2ccc(C(F)(F)F)cc2)CC1. The lowest BCUT2D eigenvalue weighted by Crippen LogP contribution is -2.49. The largest absolute Gasteiger partial charge is 0.466 e. The van der Waals surface area contributed by atoms with Gasteiger partial charge in [0.25, 0.3) is 0 Å². The lowest BCUT2D eigenvalue weighted by Gasteiger charge is -2.37. The summed E-state index contributed by atoms with van der Waals surface area (Å²) >= 11 is 0. The highest BCUT2D eigenvalue weighted by molar-refractivity contribution is 5.96. The number of alkyl halides is 3. The molecule has 2 rings (SSSR count). The summed E-state index contributed by atoms with van der Waals surface area (Å²) in [5.74, 6) is -0.215. The number of halogens is 3. The number of rotatable bonds is 4. The Morgan fingerprint density at radius 2 is 1.75 bits per heavy atom. The Morgan fingerprint density at radius 3 is 2.25 bits per heavy atom. The van der Waals surface area contributed by atoms with Gasteiger partial charge in [0.1, 0.15) is 12.3 Å². The summed E-state index contributed by atoms with van der Waals surface area (Å²) < 4.78 is 42.6. The summed E-state index contributed by atoms with van der Waals surface area (Å²) in [7, 11) is 0. The van der Waals surface area contributed by atoms with Crippen molar-refractivity contribution in [3.05, 3.63) is 29.8 Å². The van der Waals surface area contributed by atoms with E-state index >= 15 is 0 Å². The van der Waals surface area contributed by atoms with E-state index in [0.29, 0.717) is 26.2 Å². The van der Waals surface area contributed by atoms with Crippen molar-refractivity contribution in [2.75, 3.05) is 37.7 Å². The van der Waals surface area contributed by atoms with Crippen molar-refractivity contribution in [2.24, 2.45) is 0 Å². The molecular weight excluding hydrogens is 323 g/mol. The summed E-state index contributed by atoms with van der Waals surface area (Å²) in [5.41, 5.74) is 0.0562. The Hall–Kier alpha value is -2.25. The smallest absolute Gasteiger partial charge is 0.416 e. The number of esters is 1. The van der Waals surface area contributed by atoms with Crippen LogP contribution in [0.2, 0.25) is 0 Å². The molecular formula is C16H20F3N3O2. The van der Waals surface area contributed by atoms with Gasteiger partial charge < -0.3 is 14.5 Å². The zero-order chi connectivity index (χ0) is 17.7. The molecule has 5 nitrogen and oxygen atoms in total. The van der Waals surface area contributed by atoms with Gasteiger partial charge >= 0.3 is 12.1 Å². The highest BCUT2D eigenvalue weighted by atomic mass is 19.4. The first-order chi connectivity index (χ1) is 11.3. The molecule has 1 saturated heterocycles. The second-order valence-corrected chi connectivity index (χ2v) is 5.45. The van der Waals surface area contributed by atoms with Crippen LogP contribution < -0.4 is 4.90 Å². The fourth-order valence-electron chi connectivity index (χ4n) is 2.56. The normalized spacial score (nSPS) is 15.3. The van der Waals surface area contributed by atoms with Crippen molar-refractivity contribution in [1.29, 1.82) is 5.41 Å². The Labute approximate surface area is 138 Å². The minimum atomic E-state index is -4.33. The topological polar surface area (TPSA) is 56.6 Å². The number of nitrogens with zero attached hydrogens (tertiary/aromatic N) is 2. The third-order valence-corrected chi connectivity index (χ3v) is 3.84. The molecule has 1 aliphatic heterocycles. The Balaban J connectivity index is 1.88. The summed E-state index contributed by atoms with van der Waals surface area (Å²) in [6, 6.07) is 5.07. The van der Waals surface area contributed by atoms with Gasteiger partial charge in [-0.3, -0.25) is 10.2 Å². The molecule has 0 amide bonds. The number of carbonyl (C=O) groups is 1. The molecule has 132 valence electrons. The number of anilines is 1. The molecule has 0 atom stereocenters. The van der Waals surface area contributed by atoms with Crippen LogP contribution >= 0.6 is 0 Å². The van der Waals surface area contributed by atoms with E-state index in [1.807, 2.05) is 4.90 Å². The van der Waals surface area contributed by atoms with Gasteiger partial charge in [-0.2, -0.15) is 13.2 Å². The molecule has 0 radical (unpaired) electrons. The van der Waals surface area contributed by atoms with E-state index in [2.05, 4.69) is 0 Å². The van der Waals surface area contributed by atoms with E-state index in [1.165, 1.54) is 12.1 Å². The van der Waals surface area contributed by atoms with E-state index < -0.39 is 17.7 Å². The van der Waals surface area contributed by atoms with Crippen molar-refractivity contribution in [1.82, 2.24) is 4.90 Å². The lowest BCUT2D eigenvalue weighted by atomic mass is 10.1. The van der Waals surface area contributed by atoms with Crippen LogP contribution in [-0.4, -0.2) is 49.5 Å². The van der Waals surface area contributed by atoms with Crippen LogP contribution in [0.3, 0.4) is 0 Å². The molecule has 0 unspecified atom stereocenters. The maximum absolute atomic E-state index is 12.6. The first kappa shape index (κ1) is 18.1. The van der Waals surface area contributed by atoms with Crippen LogP contribution in [0.15, 0.2) is 24.3 Å². The quantitative estimate of drug-likeness (QED) is 0.519. The third kappa shape index (κ3) is 4.62. The molecule has 0 aromatic heterocycles. The van der Waals surface area contributed by atoms with E-state index in [-0.39, 0.29) is 18.9 Å². The molecule has 1 aromatic rings. The summed E-state index contributed by atoms with van der Waals surface area (Å²) in [4.78, 5) is 15.2. The zero-order valence-corrected chi connectivity index (χ0v) is 13.4. The second kappa shape index (κ2) is 7.55. The second-order valence-electron chi connectivity index (χ2n) is 5.45. The van der Waals surface area contributed by atoms with Gasteiger partial charge in [-0.15, -0.1) is 0 Å². The maximum Gasteiger partial charge on any atom is 0.416 e. The van der Waals surface area contributed by atoms with E-state index in [9.17, 15) is 18.0 Å². The van der Waals surface area contributed by atoms with Crippen molar-refractivity contribution in [2.45, 2.75) is 19.5 Å². The van der Waals surface area contributed by atoms with Crippen LogP contribution in [0.4, 0.5) is 18.9 Å². The molecule has 8 heteroatoms. The Bertz CT molecular complexity index is 579. The summed E-state index contributed by atoms with van der Waals surface area (Å²) in [6.07, 6.45) is -4.40. The van der Waals surface area contributed by atoms with Gasteiger partial charge in [-0.1, -0.05) is 0 Å². The van der Waals surface area contributed by atoms with Gasteiger partial charge in [-0.25, -0.2) is 0 Å². The summed E-state index contributed by atoms with van der Waals surface area (Å²) in [5, 5.41) is 7.94. The maximum atomic E-state index is 12.6. The van der Waals surface area contributed by atoms with Crippen LogP contribution in [0.1, 0.15) is 18.9 Å². The van der Waals surface area contributed by atoms with Crippen molar-refractivity contribution in [3.63, 3.8) is 0 Å². The fourth-order valence-corrected chi connectivity index (χ4v) is 2.56. The predicted octanol–water partition coefficient (Wildman–Crippen LogP) is 2.76. The molecule has 0 spiro atoms. The van der Waals surface area contributed by atoms with Gasteiger partial charge in [0.2, 0.25) is 0 Å². The number of hydrogen-bond donors (Lipinski definition) is 1. The Kier molecular flexibility index (Phi) is 5.69. The zero-order valence-electron chi connectivity index (χ0n) is 13.4. The highest BCUT2D eigenvalue weighted by Gasteiger charge is 2.30. The number of carbonyl (C=O) groups excluding carboxylic acids is 1. The third-order valence-electron chi connectivity index (χ3n) is 3.84. The average molecular weight is 343 g/mol. The summed E-state index contributed by atoms with van der Waals surface area (Å²) in [6.45, 7) is 4.24. The van der Waals surface area contributed by atoms with E-state index in [4.69, 9.17) is 10.1 Å². The number of amidine groups is 1. The van der Waals surface area contributed by atoms with Gasteiger partial charge in [0.05, 0.1) is 12.2 Å². The number of hydrogen-bond acceptors (Lipinski definition) is 4. The molecule has 0 bridgehead atoms. The number of benzene rings is 1. The Morgan fingerprint density at radius 1 is 1.17 bits per heavy atom. The average Bonchev–Trinajstić information content (AvgIpc) is 2.54. The standard InChI is InChI=1S/C16H20F3N3O2/c1-2-24-15(23)11-14(20)22-9-7-21(8-10-22)13-5-3-12(4-6-13)16(17,18)19/h3-6,20H,2,7-11H2,1H3. The molecule has 0 saturated carbocycles. The van der Waals surface area contributed by atoms with Crippen molar-refractivity contribution >= 4 is 17.5 Å². The molecule has 0 aliphatic carbocycles. The van der Waals surface area contributed by atoms with E-state index in [0.717, 1.165) is 17.8 Å². The molecule has 24 heavy (non-hydrogen) atoms. The van der Waals surface area contributed by atoms with Crippen molar-refractivity contribution < 1.29 is 22.7 Å². The number of piperazine rings is 1. The van der Waals surface area contributed by atoms with Gasteiger partial charge in [0.15, 0.2) is 0 Å². The van der Waals surface area contributed by atoms with Gasteiger partial charge in [0, 0.05) is 31.9 Å². The highest BCUT2D eigenvalue weighted by Crippen LogP contribution is 2.30. The van der Waals surface area contributed by atoms with Crippen LogP contribution in [0.5, 0.6) is 0 Å². The molecule has 1 fully saturated rings.